The van der Waals surface area contributed by atoms with Crippen molar-refractivity contribution >= 4 is 17.3 Å². The molecule has 25 heavy (non-hydrogen) atoms. The first-order valence-electron chi connectivity index (χ1n) is 7.26. The maximum Gasteiger partial charge on any atom is 0.310 e. The standard InChI is InChI=1S/C16H14N2O7/c1-2-24-16(19)8-11-6-7-14(10-15(11)18(22)23)25-13-5-3-4-12(9-13)17(20)21/h3-7,9-10H,2,8H2,1H3. The summed E-state index contributed by atoms with van der Waals surface area (Å²) in [6, 6.07) is 9.44. The van der Waals surface area contributed by atoms with Crippen LogP contribution in [0.5, 0.6) is 11.5 Å². The van der Waals surface area contributed by atoms with E-state index in [-0.39, 0.29) is 41.5 Å². The van der Waals surface area contributed by atoms with Crippen molar-refractivity contribution in [1.82, 2.24) is 0 Å². The number of rotatable bonds is 7. The van der Waals surface area contributed by atoms with Crippen LogP contribution in [-0.4, -0.2) is 22.4 Å². The molecule has 130 valence electrons. The minimum atomic E-state index is -0.630. The lowest BCUT2D eigenvalue weighted by Gasteiger charge is -2.08. The van der Waals surface area contributed by atoms with Crippen molar-refractivity contribution in [3.05, 3.63) is 68.3 Å². The summed E-state index contributed by atoms with van der Waals surface area (Å²) in [5.74, 6) is -0.278. The molecule has 0 saturated carbocycles. The van der Waals surface area contributed by atoms with E-state index in [4.69, 9.17) is 9.47 Å². The van der Waals surface area contributed by atoms with Gasteiger partial charge in [-0.2, -0.15) is 0 Å². The van der Waals surface area contributed by atoms with Crippen LogP contribution in [0.25, 0.3) is 0 Å². The maximum absolute atomic E-state index is 11.5. The van der Waals surface area contributed by atoms with Gasteiger partial charge in [-0.3, -0.25) is 25.0 Å². The van der Waals surface area contributed by atoms with Crippen molar-refractivity contribution in [2.75, 3.05) is 6.61 Å². The van der Waals surface area contributed by atoms with Gasteiger partial charge in [0.05, 0.1) is 35.0 Å². The van der Waals surface area contributed by atoms with E-state index in [0.717, 1.165) is 6.07 Å². The van der Waals surface area contributed by atoms with Crippen molar-refractivity contribution in [3.63, 3.8) is 0 Å². The molecule has 0 aliphatic rings. The molecule has 0 amide bonds. The van der Waals surface area contributed by atoms with E-state index in [1.165, 1.54) is 36.4 Å². The Kier molecular flexibility index (Phi) is 5.62. The summed E-state index contributed by atoms with van der Waals surface area (Å²) in [7, 11) is 0. The van der Waals surface area contributed by atoms with E-state index >= 15 is 0 Å². The average Bonchev–Trinajstić information content (AvgIpc) is 2.56. The van der Waals surface area contributed by atoms with Crippen molar-refractivity contribution in [3.8, 4) is 11.5 Å². The van der Waals surface area contributed by atoms with Crippen LogP contribution >= 0.6 is 0 Å². The van der Waals surface area contributed by atoms with Gasteiger partial charge in [-0.05, 0) is 25.1 Å². The molecular weight excluding hydrogens is 332 g/mol. The fraction of sp³-hybridized carbons (Fsp3) is 0.188. The van der Waals surface area contributed by atoms with E-state index in [1.807, 2.05) is 0 Å². The second-order valence-electron chi connectivity index (χ2n) is 4.89. The zero-order valence-electron chi connectivity index (χ0n) is 13.2. The van der Waals surface area contributed by atoms with Crippen LogP contribution in [0.4, 0.5) is 11.4 Å². The lowest BCUT2D eigenvalue weighted by atomic mass is 10.1. The third kappa shape index (κ3) is 4.74. The Labute approximate surface area is 142 Å². The second-order valence-corrected chi connectivity index (χ2v) is 4.89. The number of hydrogen-bond donors (Lipinski definition) is 0. The lowest BCUT2D eigenvalue weighted by molar-refractivity contribution is -0.385. The van der Waals surface area contributed by atoms with Gasteiger partial charge in [0.2, 0.25) is 0 Å². The van der Waals surface area contributed by atoms with Gasteiger partial charge in [0.1, 0.15) is 11.5 Å². The summed E-state index contributed by atoms with van der Waals surface area (Å²) in [6.07, 6.45) is -0.235. The Morgan fingerprint density at radius 2 is 1.76 bits per heavy atom. The van der Waals surface area contributed by atoms with Crippen molar-refractivity contribution in [1.29, 1.82) is 0 Å². The van der Waals surface area contributed by atoms with Crippen LogP contribution in [0.1, 0.15) is 12.5 Å². The molecule has 0 spiro atoms. The monoisotopic (exact) mass is 346 g/mol. The second kappa shape index (κ2) is 7.86. The first-order valence-corrected chi connectivity index (χ1v) is 7.26. The van der Waals surface area contributed by atoms with E-state index in [1.54, 1.807) is 6.92 Å². The molecule has 0 N–H and O–H groups in total. The summed E-state index contributed by atoms with van der Waals surface area (Å²) < 4.78 is 10.2. The van der Waals surface area contributed by atoms with Crippen molar-refractivity contribution in [2.45, 2.75) is 13.3 Å². The largest absolute Gasteiger partial charge is 0.466 e. The molecule has 9 heteroatoms. The predicted molar refractivity (Wildman–Crippen MR) is 86.6 cm³/mol. The van der Waals surface area contributed by atoms with Gasteiger partial charge in [-0.15, -0.1) is 0 Å². The van der Waals surface area contributed by atoms with Crippen LogP contribution in [0.2, 0.25) is 0 Å². The zero-order chi connectivity index (χ0) is 18.4. The molecule has 9 nitrogen and oxygen atoms in total. The fourth-order valence-electron chi connectivity index (χ4n) is 2.09. The summed E-state index contributed by atoms with van der Waals surface area (Å²) in [5.41, 5.74) is -0.267. The van der Waals surface area contributed by atoms with Gasteiger partial charge in [0.25, 0.3) is 11.4 Å². The zero-order valence-corrected chi connectivity index (χ0v) is 13.2. The Hall–Kier alpha value is -3.49. The fourth-order valence-corrected chi connectivity index (χ4v) is 2.09. The number of nitrogens with zero attached hydrogens (tertiary/aromatic N) is 2. The smallest absolute Gasteiger partial charge is 0.310 e. The number of benzene rings is 2. The molecule has 0 aromatic heterocycles. The summed E-state index contributed by atoms with van der Waals surface area (Å²) >= 11 is 0. The molecule has 2 aromatic rings. The van der Waals surface area contributed by atoms with Gasteiger partial charge in [0.15, 0.2) is 0 Å². The number of ether oxygens (including phenoxy) is 2. The van der Waals surface area contributed by atoms with Crippen LogP contribution in [0, 0.1) is 20.2 Å². The van der Waals surface area contributed by atoms with Gasteiger partial charge in [0, 0.05) is 11.6 Å². The number of esters is 1. The van der Waals surface area contributed by atoms with Gasteiger partial charge >= 0.3 is 5.97 Å². The number of nitro benzene ring substituents is 2. The molecule has 0 saturated heterocycles. The molecule has 0 bridgehead atoms. The highest BCUT2D eigenvalue weighted by molar-refractivity contribution is 5.74. The average molecular weight is 346 g/mol. The quantitative estimate of drug-likeness (QED) is 0.428. The van der Waals surface area contributed by atoms with E-state index in [0.29, 0.717) is 0 Å². The molecule has 0 aliphatic carbocycles. The highest BCUT2D eigenvalue weighted by Gasteiger charge is 2.19. The SMILES string of the molecule is CCOC(=O)Cc1ccc(Oc2cccc([N+](=O)[O-])c2)cc1[N+](=O)[O-]. The lowest BCUT2D eigenvalue weighted by Crippen LogP contribution is -2.09. The third-order valence-corrected chi connectivity index (χ3v) is 3.16. The summed E-state index contributed by atoms with van der Waals surface area (Å²) in [6.45, 7) is 1.82. The molecule has 2 rings (SSSR count). The van der Waals surface area contributed by atoms with Crippen LogP contribution in [0.15, 0.2) is 42.5 Å². The van der Waals surface area contributed by atoms with Crippen LogP contribution in [-0.2, 0) is 16.0 Å². The number of carbonyl (C=O) groups excluding carboxylic acids is 1. The number of carbonyl (C=O) groups is 1. The Morgan fingerprint density at radius 3 is 2.40 bits per heavy atom. The minimum absolute atomic E-state index is 0.125. The molecule has 2 aromatic carbocycles. The predicted octanol–water partition coefficient (Wildman–Crippen LogP) is 3.40. The molecule has 0 heterocycles. The van der Waals surface area contributed by atoms with E-state index < -0.39 is 15.8 Å². The normalized spacial score (nSPS) is 10.1. The highest BCUT2D eigenvalue weighted by Crippen LogP contribution is 2.30. The molecule has 0 fully saturated rings. The van der Waals surface area contributed by atoms with Crippen LogP contribution < -0.4 is 4.74 Å². The van der Waals surface area contributed by atoms with Crippen molar-refractivity contribution < 1.29 is 24.1 Å². The highest BCUT2D eigenvalue weighted by atomic mass is 16.6. The summed E-state index contributed by atoms with van der Waals surface area (Å²) in [4.78, 5) is 32.3. The van der Waals surface area contributed by atoms with Gasteiger partial charge < -0.3 is 9.47 Å². The molecular formula is C16H14N2O7. The van der Waals surface area contributed by atoms with Gasteiger partial charge in [-0.25, -0.2) is 0 Å². The topological polar surface area (TPSA) is 122 Å². The molecule has 0 aliphatic heterocycles. The van der Waals surface area contributed by atoms with Gasteiger partial charge in [-0.1, -0.05) is 6.07 Å². The first kappa shape index (κ1) is 17.9. The van der Waals surface area contributed by atoms with E-state index in [9.17, 15) is 25.0 Å². The number of non-ortho nitro benzene ring substituents is 1. The number of nitro groups is 2. The Bertz CT molecular complexity index is 820. The van der Waals surface area contributed by atoms with Crippen LogP contribution in [0.3, 0.4) is 0 Å². The first-order chi connectivity index (χ1) is 11.9. The molecule has 0 atom stereocenters. The van der Waals surface area contributed by atoms with E-state index in [2.05, 4.69) is 0 Å². The number of hydrogen-bond acceptors (Lipinski definition) is 7. The summed E-state index contributed by atoms with van der Waals surface area (Å²) in [5, 5.41) is 22.0. The third-order valence-electron chi connectivity index (χ3n) is 3.16. The molecule has 0 unspecified atom stereocenters. The molecule has 0 radical (unpaired) electrons. The maximum atomic E-state index is 11.5. The Balaban J connectivity index is 2.26. The Morgan fingerprint density at radius 1 is 1.04 bits per heavy atom. The minimum Gasteiger partial charge on any atom is -0.466 e. The van der Waals surface area contributed by atoms with Crippen molar-refractivity contribution in [2.24, 2.45) is 0 Å².